The van der Waals surface area contributed by atoms with Gasteiger partial charge in [-0.25, -0.2) is 0 Å². The van der Waals surface area contributed by atoms with Crippen LogP contribution in [0.25, 0.3) is 98.8 Å². The standard InChI is InChI=1S/C48H30O/c1-3-14-31(15-4-1)34-27-28-35(32-16-5-2-6-17-32)43(30-34)46-39-22-11-9-20-37(39)45(38-21-10-12-23-40(38)46)41-24-13-25-44-47(41)42-29-26-33-18-7-8-19-36(33)48(42)49-44/h1-30H/i9D,10D,11D,12D,20D,21D,22D,23D. The normalized spacial score (nSPS) is 14.0. The molecule has 0 radical (unpaired) electrons. The van der Waals surface area contributed by atoms with E-state index in [1.165, 1.54) is 0 Å². The molecule has 0 saturated heterocycles. The molecule has 0 aliphatic heterocycles. The van der Waals surface area contributed by atoms with Crippen molar-refractivity contribution in [1.29, 1.82) is 0 Å². The number of benzene rings is 9. The molecular weight excluding hydrogens is 593 g/mol. The van der Waals surface area contributed by atoms with Crippen LogP contribution in [0.5, 0.6) is 0 Å². The summed E-state index contributed by atoms with van der Waals surface area (Å²) in [6, 6.07) is 39.7. The third-order valence-corrected chi connectivity index (χ3v) is 9.51. The first-order valence-corrected chi connectivity index (χ1v) is 16.2. The predicted octanol–water partition coefficient (Wildman–Crippen LogP) is 13.7. The van der Waals surface area contributed by atoms with E-state index in [2.05, 4.69) is 0 Å². The Labute approximate surface area is 295 Å². The maximum Gasteiger partial charge on any atom is 0.143 e. The lowest BCUT2D eigenvalue weighted by atomic mass is 9.82. The lowest BCUT2D eigenvalue weighted by molar-refractivity contribution is 0.673. The van der Waals surface area contributed by atoms with E-state index in [1.807, 2.05) is 133 Å². The molecule has 1 nitrogen and oxygen atoms in total. The van der Waals surface area contributed by atoms with E-state index in [9.17, 15) is 5.48 Å². The van der Waals surface area contributed by atoms with E-state index < -0.39 is 24.2 Å². The van der Waals surface area contributed by atoms with E-state index in [1.54, 1.807) is 0 Å². The maximum absolute atomic E-state index is 9.62. The minimum atomic E-state index is -0.448. The van der Waals surface area contributed by atoms with Crippen LogP contribution >= 0.6 is 0 Å². The Balaban J connectivity index is 1.48. The summed E-state index contributed by atoms with van der Waals surface area (Å²) in [5.41, 5.74) is 6.18. The van der Waals surface area contributed by atoms with Crippen molar-refractivity contribution in [3.8, 4) is 44.5 Å². The first-order valence-electron chi connectivity index (χ1n) is 20.2. The van der Waals surface area contributed by atoms with E-state index >= 15 is 0 Å². The highest BCUT2D eigenvalue weighted by molar-refractivity contribution is 6.27. The van der Waals surface area contributed by atoms with Crippen molar-refractivity contribution < 1.29 is 15.4 Å². The van der Waals surface area contributed by atoms with Crippen LogP contribution in [0, 0.1) is 0 Å². The van der Waals surface area contributed by atoms with E-state index in [-0.39, 0.29) is 51.3 Å². The highest BCUT2D eigenvalue weighted by Gasteiger charge is 2.22. The van der Waals surface area contributed by atoms with Crippen molar-refractivity contribution in [1.82, 2.24) is 0 Å². The van der Waals surface area contributed by atoms with Crippen LogP contribution in [0.2, 0.25) is 0 Å². The summed E-state index contributed by atoms with van der Waals surface area (Å²) < 4.78 is 81.0. The molecule has 9 aromatic carbocycles. The SMILES string of the molecule is [2H]c1c([2H])c([2H])c2c(-c3cccc4oc5c6ccccc6ccc5c34)c3c([2H])c([2H])c([2H])c([2H])c3c(-c3cc(-c4ccccc4)ccc3-c3ccccc3)c2c1[2H]. The number of furan rings is 1. The van der Waals surface area contributed by atoms with Crippen LogP contribution in [0.15, 0.2) is 186 Å². The van der Waals surface area contributed by atoms with Gasteiger partial charge in [0.05, 0.1) is 11.0 Å². The van der Waals surface area contributed by atoms with Gasteiger partial charge in [-0.3, -0.25) is 0 Å². The molecule has 228 valence electrons. The van der Waals surface area contributed by atoms with Crippen LogP contribution in [0.4, 0.5) is 0 Å². The third-order valence-electron chi connectivity index (χ3n) is 9.51. The van der Waals surface area contributed by atoms with E-state index in [0.717, 1.165) is 38.4 Å². The zero-order valence-electron chi connectivity index (χ0n) is 34.1. The molecule has 1 heteroatoms. The molecule has 0 unspecified atom stereocenters. The van der Waals surface area contributed by atoms with Crippen molar-refractivity contribution in [2.24, 2.45) is 0 Å². The predicted molar refractivity (Wildman–Crippen MR) is 208 cm³/mol. The minimum absolute atomic E-state index is 0.153. The lowest BCUT2D eigenvalue weighted by Gasteiger charge is -2.21. The van der Waals surface area contributed by atoms with Gasteiger partial charge in [0.15, 0.2) is 0 Å². The summed E-state index contributed by atoms with van der Waals surface area (Å²) in [5, 5.41) is 3.95. The molecule has 10 aromatic rings. The molecule has 0 bridgehead atoms. The molecule has 10 rings (SSSR count). The average Bonchev–Trinajstić information content (AvgIpc) is 3.65. The quantitative estimate of drug-likeness (QED) is 0.176. The monoisotopic (exact) mass is 630 g/mol. The zero-order valence-corrected chi connectivity index (χ0v) is 26.1. The highest BCUT2D eigenvalue weighted by atomic mass is 16.3. The smallest absolute Gasteiger partial charge is 0.143 e. The molecule has 49 heavy (non-hydrogen) atoms. The molecule has 0 aliphatic rings. The largest absolute Gasteiger partial charge is 0.455 e. The summed E-state index contributed by atoms with van der Waals surface area (Å²) in [5.74, 6) is 0. The van der Waals surface area contributed by atoms with Gasteiger partial charge in [0.2, 0.25) is 0 Å². The van der Waals surface area contributed by atoms with Crippen LogP contribution in [0.1, 0.15) is 11.0 Å². The zero-order chi connectivity index (χ0) is 39.3. The van der Waals surface area contributed by atoms with Gasteiger partial charge in [0, 0.05) is 16.2 Å². The van der Waals surface area contributed by atoms with Crippen LogP contribution in [-0.2, 0) is 0 Å². The van der Waals surface area contributed by atoms with Crippen molar-refractivity contribution in [2.45, 2.75) is 0 Å². The molecule has 1 aromatic heterocycles. The minimum Gasteiger partial charge on any atom is -0.455 e. The van der Waals surface area contributed by atoms with Gasteiger partial charge < -0.3 is 4.42 Å². The first kappa shape index (κ1) is 20.7. The van der Waals surface area contributed by atoms with Gasteiger partial charge >= 0.3 is 0 Å². The molecule has 0 saturated carbocycles. The number of rotatable bonds is 4. The van der Waals surface area contributed by atoms with Crippen molar-refractivity contribution in [3.05, 3.63) is 182 Å². The average molecular weight is 631 g/mol. The molecule has 1 heterocycles. The molecule has 0 fully saturated rings. The Morgan fingerprint density at radius 1 is 0.388 bits per heavy atom. The second-order valence-corrected chi connectivity index (χ2v) is 12.2. The Hall–Kier alpha value is -6.44. The molecular formula is C48H30O. The topological polar surface area (TPSA) is 13.1 Å². The van der Waals surface area contributed by atoms with Gasteiger partial charge in [-0.05, 0) is 89.6 Å². The number of hydrogen-bond donors (Lipinski definition) is 0. The molecule has 0 spiro atoms. The number of hydrogen-bond acceptors (Lipinski definition) is 1. The number of fused-ring (bicyclic) bond motifs is 7. The second kappa shape index (κ2) is 11.1. The second-order valence-electron chi connectivity index (χ2n) is 12.2. The first-order chi connectivity index (χ1) is 27.7. The third kappa shape index (κ3) is 4.33. The summed E-state index contributed by atoms with van der Waals surface area (Å²) in [4.78, 5) is 0. The fraction of sp³-hybridized carbons (Fsp3) is 0. The summed E-state index contributed by atoms with van der Waals surface area (Å²) in [6.07, 6.45) is 0. The van der Waals surface area contributed by atoms with Gasteiger partial charge in [0.25, 0.3) is 0 Å². The summed E-state index contributed by atoms with van der Waals surface area (Å²) in [6.45, 7) is 0. The molecule has 0 N–H and O–H groups in total. The van der Waals surface area contributed by atoms with Crippen molar-refractivity contribution >= 4 is 54.3 Å². The highest BCUT2D eigenvalue weighted by Crippen LogP contribution is 2.49. The molecule has 0 amide bonds. The van der Waals surface area contributed by atoms with E-state index in [0.29, 0.717) is 33.2 Å². The fourth-order valence-corrected chi connectivity index (χ4v) is 7.36. The van der Waals surface area contributed by atoms with Crippen LogP contribution in [-0.4, -0.2) is 0 Å². The molecule has 0 atom stereocenters. The van der Waals surface area contributed by atoms with Crippen LogP contribution < -0.4 is 0 Å². The Bertz CT molecular complexity index is 3240. The van der Waals surface area contributed by atoms with E-state index in [4.69, 9.17) is 9.90 Å². The van der Waals surface area contributed by atoms with Crippen molar-refractivity contribution in [3.63, 3.8) is 0 Å². The van der Waals surface area contributed by atoms with Gasteiger partial charge in [-0.1, -0.05) is 164 Å². The fourth-order valence-electron chi connectivity index (χ4n) is 7.36. The van der Waals surface area contributed by atoms with Crippen molar-refractivity contribution in [2.75, 3.05) is 0 Å². The lowest BCUT2D eigenvalue weighted by Crippen LogP contribution is -1.94. The van der Waals surface area contributed by atoms with Gasteiger partial charge in [0.1, 0.15) is 11.2 Å². The van der Waals surface area contributed by atoms with Gasteiger partial charge in [-0.2, -0.15) is 0 Å². The van der Waals surface area contributed by atoms with Gasteiger partial charge in [-0.15, -0.1) is 0 Å². The summed E-state index contributed by atoms with van der Waals surface area (Å²) >= 11 is 0. The maximum atomic E-state index is 9.62. The van der Waals surface area contributed by atoms with Crippen LogP contribution in [0.3, 0.4) is 0 Å². The molecule has 0 aliphatic carbocycles. The Morgan fingerprint density at radius 2 is 1.00 bits per heavy atom. The summed E-state index contributed by atoms with van der Waals surface area (Å²) in [7, 11) is 0. The Morgan fingerprint density at radius 3 is 1.69 bits per heavy atom. The Kier molecular flexibility index (Phi) is 4.69.